The van der Waals surface area contributed by atoms with Crippen LogP contribution < -0.4 is 16.0 Å². The van der Waals surface area contributed by atoms with Crippen molar-refractivity contribution in [3.05, 3.63) is 0 Å². The van der Waals surface area contributed by atoms with Crippen molar-refractivity contribution in [2.75, 3.05) is 26.2 Å². The molecule has 0 atom stereocenters. The summed E-state index contributed by atoms with van der Waals surface area (Å²) in [5.74, 6) is -0.0246. The highest BCUT2D eigenvalue weighted by molar-refractivity contribution is 5.72. The predicted octanol–water partition coefficient (Wildman–Crippen LogP) is 0.627. The molecule has 18 heavy (non-hydrogen) atoms. The van der Waals surface area contributed by atoms with Crippen LogP contribution in [-0.4, -0.2) is 43.8 Å². The van der Waals surface area contributed by atoms with Gasteiger partial charge < -0.3 is 20.7 Å². The van der Waals surface area contributed by atoms with Crippen LogP contribution in [0.3, 0.4) is 0 Å². The van der Waals surface area contributed by atoms with Crippen LogP contribution in [0.5, 0.6) is 0 Å². The van der Waals surface area contributed by atoms with Gasteiger partial charge in [0.15, 0.2) is 0 Å². The molecule has 0 heterocycles. The number of carbonyl (C=O) groups excluding carboxylic acids is 2. The van der Waals surface area contributed by atoms with Gasteiger partial charge in [0.2, 0.25) is 5.91 Å². The second-order valence-electron chi connectivity index (χ2n) is 5.02. The average molecular weight is 259 g/mol. The molecule has 0 radical (unpaired) electrons. The Bertz CT molecular complexity index is 262. The fraction of sp³-hybridized carbons (Fsp3) is 0.833. The molecule has 0 saturated heterocycles. The molecule has 0 aliphatic rings. The normalized spacial score (nSPS) is 10.9. The number of ether oxygens (including phenoxy) is 1. The standard InChI is InChI=1S/C12H25N3O3/c1-10(16)14-9-8-13-6-5-7-15-11(17)18-12(2,3)4/h13H,5-9H2,1-4H3,(H,14,16)(H,15,17). The van der Waals surface area contributed by atoms with Crippen molar-refractivity contribution in [3.63, 3.8) is 0 Å². The van der Waals surface area contributed by atoms with Gasteiger partial charge >= 0.3 is 6.09 Å². The number of hydrogen-bond donors (Lipinski definition) is 3. The second-order valence-corrected chi connectivity index (χ2v) is 5.02. The van der Waals surface area contributed by atoms with Crippen molar-refractivity contribution >= 4 is 12.0 Å². The summed E-state index contributed by atoms with van der Waals surface area (Å²) in [6.07, 6.45) is 0.431. The number of amides is 2. The fourth-order valence-electron chi connectivity index (χ4n) is 1.17. The Balaban J connectivity index is 3.30. The smallest absolute Gasteiger partial charge is 0.407 e. The number of rotatable bonds is 7. The van der Waals surface area contributed by atoms with Crippen LogP contribution in [0.25, 0.3) is 0 Å². The van der Waals surface area contributed by atoms with E-state index in [9.17, 15) is 9.59 Å². The minimum atomic E-state index is -0.458. The third-order valence-corrected chi connectivity index (χ3v) is 1.87. The van der Waals surface area contributed by atoms with Gasteiger partial charge in [0.05, 0.1) is 0 Å². The maximum absolute atomic E-state index is 11.3. The summed E-state index contributed by atoms with van der Waals surface area (Å²) in [7, 11) is 0. The molecule has 106 valence electrons. The molecule has 0 rings (SSSR count). The first-order chi connectivity index (χ1) is 8.31. The van der Waals surface area contributed by atoms with E-state index >= 15 is 0 Å². The third kappa shape index (κ3) is 12.8. The van der Waals surface area contributed by atoms with E-state index in [0.29, 0.717) is 13.1 Å². The van der Waals surface area contributed by atoms with Gasteiger partial charge in [-0.2, -0.15) is 0 Å². The Morgan fingerprint density at radius 3 is 2.22 bits per heavy atom. The summed E-state index contributed by atoms with van der Waals surface area (Å²) in [4.78, 5) is 21.8. The van der Waals surface area contributed by atoms with Crippen molar-refractivity contribution in [1.29, 1.82) is 0 Å². The lowest BCUT2D eigenvalue weighted by Crippen LogP contribution is -2.35. The number of hydrogen-bond acceptors (Lipinski definition) is 4. The zero-order valence-corrected chi connectivity index (χ0v) is 11.8. The SMILES string of the molecule is CC(=O)NCCNCCCNC(=O)OC(C)(C)C. The Hall–Kier alpha value is -1.30. The summed E-state index contributed by atoms with van der Waals surface area (Å²) >= 11 is 0. The molecule has 0 fully saturated rings. The Kier molecular flexibility index (Phi) is 8.11. The Labute approximate surface area is 109 Å². The van der Waals surface area contributed by atoms with Crippen LogP contribution in [0, 0.1) is 0 Å². The first-order valence-corrected chi connectivity index (χ1v) is 6.23. The highest BCUT2D eigenvalue weighted by Crippen LogP contribution is 2.06. The van der Waals surface area contributed by atoms with Gasteiger partial charge in [0.25, 0.3) is 0 Å². The van der Waals surface area contributed by atoms with Crippen LogP contribution in [0.4, 0.5) is 4.79 Å². The van der Waals surface area contributed by atoms with E-state index in [1.807, 2.05) is 20.8 Å². The molecule has 0 aromatic heterocycles. The molecule has 0 aliphatic carbocycles. The monoisotopic (exact) mass is 259 g/mol. The van der Waals surface area contributed by atoms with Crippen LogP contribution in [0.15, 0.2) is 0 Å². The Morgan fingerprint density at radius 1 is 1.00 bits per heavy atom. The van der Waals surface area contributed by atoms with Crippen molar-refractivity contribution in [3.8, 4) is 0 Å². The molecule has 0 aromatic rings. The van der Waals surface area contributed by atoms with Crippen LogP contribution >= 0.6 is 0 Å². The molecule has 2 amide bonds. The zero-order chi connectivity index (χ0) is 14.0. The van der Waals surface area contributed by atoms with E-state index in [1.165, 1.54) is 6.92 Å². The summed E-state index contributed by atoms with van der Waals surface area (Å²) in [6, 6.07) is 0. The maximum atomic E-state index is 11.3. The summed E-state index contributed by atoms with van der Waals surface area (Å²) in [6.45, 7) is 9.69. The molecule has 0 saturated carbocycles. The minimum absolute atomic E-state index is 0.0246. The fourth-order valence-corrected chi connectivity index (χ4v) is 1.17. The Morgan fingerprint density at radius 2 is 1.67 bits per heavy atom. The van der Waals surface area contributed by atoms with Crippen molar-refractivity contribution < 1.29 is 14.3 Å². The van der Waals surface area contributed by atoms with Crippen LogP contribution in [-0.2, 0) is 9.53 Å². The number of alkyl carbamates (subject to hydrolysis) is 1. The van der Waals surface area contributed by atoms with E-state index in [0.717, 1.165) is 19.5 Å². The van der Waals surface area contributed by atoms with Gasteiger partial charge in [-0.3, -0.25) is 4.79 Å². The highest BCUT2D eigenvalue weighted by atomic mass is 16.6. The molecular weight excluding hydrogens is 234 g/mol. The van der Waals surface area contributed by atoms with Crippen LogP contribution in [0.1, 0.15) is 34.1 Å². The lowest BCUT2D eigenvalue weighted by molar-refractivity contribution is -0.118. The van der Waals surface area contributed by atoms with Gasteiger partial charge in [-0.15, -0.1) is 0 Å². The third-order valence-electron chi connectivity index (χ3n) is 1.87. The predicted molar refractivity (Wildman–Crippen MR) is 70.4 cm³/mol. The number of nitrogens with one attached hydrogen (secondary N) is 3. The van der Waals surface area contributed by atoms with Crippen molar-refractivity contribution in [1.82, 2.24) is 16.0 Å². The molecule has 0 aliphatic heterocycles. The molecule has 0 aromatic carbocycles. The maximum Gasteiger partial charge on any atom is 0.407 e. The molecule has 0 unspecified atom stereocenters. The molecular formula is C12H25N3O3. The first-order valence-electron chi connectivity index (χ1n) is 6.23. The van der Waals surface area contributed by atoms with Crippen molar-refractivity contribution in [2.45, 2.75) is 39.7 Å². The highest BCUT2D eigenvalue weighted by Gasteiger charge is 2.15. The van der Waals surface area contributed by atoms with E-state index in [4.69, 9.17) is 4.74 Å². The van der Waals surface area contributed by atoms with Gasteiger partial charge in [-0.05, 0) is 33.7 Å². The van der Waals surface area contributed by atoms with Gasteiger partial charge in [-0.25, -0.2) is 4.79 Å². The van der Waals surface area contributed by atoms with E-state index in [1.54, 1.807) is 0 Å². The van der Waals surface area contributed by atoms with Crippen LogP contribution in [0.2, 0.25) is 0 Å². The number of carbonyl (C=O) groups is 2. The van der Waals surface area contributed by atoms with Gasteiger partial charge in [0.1, 0.15) is 5.60 Å². The summed E-state index contributed by atoms with van der Waals surface area (Å²) in [5, 5.41) is 8.52. The minimum Gasteiger partial charge on any atom is -0.444 e. The molecule has 0 spiro atoms. The van der Waals surface area contributed by atoms with Gasteiger partial charge in [0, 0.05) is 26.6 Å². The lowest BCUT2D eigenvalue weighted by atomic mass is 10.2. The van der Waals surface area contributed by atoms with E-state index in [-0.39, 0.29) is 12.0 Å². The topological polar surface area (TPSA) is 79.5 Å². The molecule has 3 N–H and O–H groups in total. The summed E-state index contributed by atoms with van der Waals surface area (Å²) in [5.41, 5.74) is -0.458. The zero-order valence-electron chi connectivity index (χ0n) is 11.8. The van der Waals surface area contributed by atoms with Gasteiger partial charge in [-0.1, -0.05) is 0 Å². The second kappa shape index (κ2) is 8.74. The van der Waals surface area contributed by atoms with E-state index in [2.05, 4.69) is 16.0 Å². The molecule has 6 heteroatoms. The summed E-state index contributed by atoms with van der Waals surface area (Å²) < 4.78 is 5.09. The lowest BCUT2D eigenvalue weighted by Gasteiger charge is -2.19. The average Bonchev–Trinajstić information content (AvgIpc) is 2.18. The molecule has 6 nitrogen and oxygen atoms in total. The first kappa shape index (κ1) is 16.7. The quantitative estimate of drug-likeness (QED) is 0.586. The molecule has 0 bridgehead atoms. The largest absolute Gasteiger partial charge is 0.444 e. The van der Waals surface area contributed by atoms with E-state index < -0.39 is 5.60 Å². The van der Waals surface area contributed by atoms with Crippen molar-refractivity contribution in [2.24, 2.45) is 0 Å².